The summed E-state index contributed by atoms with van der Waals surface area (Å²) < 4.78 is 0. The minimum absolute atomic E-state index is 0.492. The van der Waals surface area contributed by atoms with Gasteiger partial charge in [0.25, 0.3) is 0 Å². The standard InChI is InChI=1S/C10H9N7/c1-2-4-8-7(3-1)9(5-12-13-8)11-6-10-14-16-17-15-10/h1-5H,6H2,(H,11,13)(H,14,15,16,17). The minimum Gasteiger partial charge on any atom is -0.376 e. The molecule has 3 aromatic rings. The van der Waals surface area contributed by atoms with E-state index in [1.807, 2.05) is 24.3 Å². The molecule has 0 amide bonds. The van der Waals surface area contributed by atoms with Crippen LogP contribution in [0.3, 0.4) is 0 Å². The maximum Gasteiger partial charge on any atom is 0.193 e. The van der Waals surface area contributed by atoms with Crippen molar-refractivity contribution in [1.82, 2.24) is 30.8 Å². The molecule has 2 aromatic heterocycles. The Morgan fingerprint density at radius 2 is 2.12 bits per heavy atom. The van der Waals surface area contributed by atoms with Gasteiger partial charge in [-0.1, -0.05) is 23.4 Å². The highest BCUT2D eigenvalue weighted by molar-refractivity contribution is 5.90. The van der Waals surface area contributed by atoms with Gasteiger partial charge in [0.1, 0.15) is 0 Å². The Bertz CT molecular complexity index is 614. The lowest BCUT2D eigenvalue weighted by molar-refractivity contribution is 0.881. The topological polar surface area (TPSA) is 92.3 Å². The quantitative estimate of drug-likeness (QED) is 0.686. The molecule has 7 heteroatoms. The predicted octanol–water partition coefficient (Wildman–Crippen LogP) is 0.755. The van der Waals surface area contributed by atoms with Crippen molar-refractivity contribution in [2.45, 2.75) is 6.54 Å². The summed E-state index contributed by atoms with van der Waals surface area (Å²) in [5, 5.41) is 25.8. The van der Waals surface area contributed by atoms with Gasteiger partial charge >= 0.3 is 0 Å². The molecule has 7 nitrogen and oxygen atoms in total. The van der Waals surface area contributed by atoms with Crippen molar-refractivity contribution in [3.63, 3.8) is 0 Å². The molecule has 2 N–H and O–H groups in total. The van der Waals surface area contributed by atoms with Crippen molar-refractivity contribution in [3.05, 3.63) is 36.3 Å². The first-order valence-electron chi connectivity index (χ1n) is 5.10. The molecular formula is C10H9N7. The van der Waals surface area contributed by atoms with E-state index in [4.69, 9.17) is 0 Å². The van der Waals surface area contributed by atoms with Crippen LogP contribution < -0.4 is 5.32 Å². The summed E-state index contributed by atoms with van der Waals surface area (Å²) in [6.45, 7) is 0.492. The molecule has 1 aromatic carbocycles. The fourth-order valence-corrected chi connectivity index (χ4v) is 1.58. The number of benzene rings is 1. The molecule has 84 valence electrons. The number of tetrazole rings is 1. The maximum absolute atomic E-state index is 4.05. The number of nitrogens with zero attached hydrogens (tertiary/aromatic N) is 5. The minimum atomic E-state index is 0.492. The van der Waals surface area contributed by atoms with Crippen molar-refractivity contribution >= 4 is 16.6 Å². The van der Waals surface area contributed by atoms with Crippen LogP contribution in [0.5, 0.6) is 0 Å². The van der Waals surface area contributed by atoms with E-state index in [1.54, 1.807) is 6.20 Å². The van der Waals surface area contributed by atoms with Gasteiger partial charge in [0.05, 0.1) is 23.9 Å². The third-order valence-electron chi connectivity index (χ3n) is 2.37. The van der Waals surface area contributed by atoms with Crippen LogP contribution in [-0.4, -0.2) is 30.8 Å². The lowest BCUT2D eigenvalue weighted by atomic mass is 10.2. The van der Waals surface area contributed by atoms with E-state index in [9.17, 15) is 0 Å². The lowest BCUT2D eigenvalue weighted by Crippen LogP contribution is -2.03. The number of H-pyrrole nitrogens is 1. The van der Waals surface area contributed by atoms with Crippen LogP contribution in [0, 0.1) is 0 Å². The summed E-state index contributed by atoms with van der Waals surface area (Å²) in [7, 11) is 0. The van der Waals surface area contributed by atoms with Gasteiger partial charge in [0.2, 0.25) is 0 Å². The van der Waals surface area contributed by atoms with E-state index < -0.39 is 0 Å². The number of hydrogen-bond acceptors (Lipinski definition) is 6. The first-order valence-corrected chi connectivity index (χ1v) is 5.10. The van der Waals surface area contributed by atoms with Gasteiger partial charge in [-0.3, -0.25) is 0 Å². The van der Waals surface area contributed by atoms with E-state index in [1.165, 1.54) is 0 Å². The molecule has 0 aliphatic rings. The molecular weight excluding hydrogens is 218 g/mol. The van der Waals surface area contributed by atoms with Crippen molar-refractivity contribution < 1.29 is 0 Å². The van der Waals surface area contributed by atoms with E-state index >= 15 is 0 Å². The van der Waals surface area contributed by atoms with Gasteiger partial charge in [0, 0.05) is 5.39 Å². The van der Waals surface area contributed by atoms with Gasteiger partial charge in [-0.25, -0.2) is 0 Å². The van der Waals surface area contributed by atoms with E-state index in [2.05, 4.69) is 36.1 Å². The average molecular weight is 227 g/mol. The summed E-state index contributed by atoms with van der Waals surface area (Å²) >= 11 is 0. The van der Waals surface area contributed by atoms with Gasteiger partial charge < -0.3 is 5.32 Å². The molecule has 0 saturated heterocycles. The molecule has 3 rings (SSSR count). The third-order valence-corrected chi connectivity index (χ3v) is 2.37. The number of aromatic amines is 1. The molecule has 0 atom stereocenters. The summed E-state index contributed by atoms with van der Waals surface area (Å²) in [6, 6.07) is 7.80. The summed E-state index contributed by atoms with van der Waals surface area (Å²) in [4.78, 5) is 0. The summed E-state index contributed by atoms with van der Waals surface area (Å²) in [5.74, 6) is 0.603. The largest absolute Gasteiger partial charge is 0.376 e. The predicted molar refractivity (Wildman–Crippen MR) is 61.0 cm³/mol. The zero-order chi connectivity index (χ0) is 11.5. The average Bonchev–Trinajstić information content (AvgIpc) is 2.89. The van der Waals surface area contributed by atoms with Gasteiger partial charge in [-0.15, -0.1) is 10.2 Å². The maximum atomic E-state index is 4.05. The van der Waals surface area contributed by atoms with Gasteiger partial charge in [0.15, 0.2) is 5.82 Å². The fraction of sp³-hybridized carbons (Fsp3) is 0.100. The van der Waals surface area contributed by atoms with Crippen LogP contribution >= 0.6 is 0 Å². The van der Waals surface area contributed by atoms with Crippen molar-refractivity contribution in [2.24, 2.45) is 0 Å². The number of anilines is 1. The third kappa shape index (κ3) is 1.89. The van der Waals surface area contributed by atoms with Crippen LogP contribution in [0.25, 0.3) is 10.9 Å². The first-order chi connectivity index (χ1) is 8.43. The molecule has 0 bridgehead atoms. The van der Waals surface area contributed by atoms with E-state index in [-0.39, 0.29) is 0 Å². The number of nitrogens with one attached hydrogen (secondary N) is 2. The summed E-state index contributed by atoms with van der Waals surface area (Å²) in [6.07, 6.45) is 1.68. The highest BCUT2D eigenvalue weighted by Crippen LogP contribution is 2.19. The van der Waals surface area contributed by atoms with Crippen LogP contribution in [0.1, 0.15) is 5.82 Å². The molecule has 0 unspecified atom stereocenters. The van der Waals surface area contributed by atoms with Crippen LogP contribution in [0.15, 0.2) is 30.5 Å². The van der Waals surface area contributed by atoms with E-state index in [0.29, 0.717) is 12.4 Å². The zero-order valence-electron chi connectivity index (χ0n) is 8.83. The molecule has 0 aliphatic carbocycles. The number of fused-ring (bicyclic) bond motifs is 1. The Kier molecular flexibility index (Phi) is 2.34. The number of rotatable bonds is 3. The normalized spacial score (nSPS) is 10.6. The van der Waals surface area contributed by atoms with Gasteiger partial charge in [-0.2, -0.15) is 15.4 Å². The second-order valence-corrected chi connectivity index (χ2v) is 3.46. The Morgan fingerprint density at radius 1 is 1.18 bits per heavy atom. The second kappa shape index (κ2) is 4.12. The number of aromatic nitrogens is 6. The second-order valence-electron chi connectivity index (χ2n) is 3.46. The Hall–Kier alpha value is -2.57. The first kappa shape index (κ1) is 9.64. The number of hydrogen-bond donors (Lipinski definition) is 2. The molecule has 2 heterocycles. The highest BCUT2D eigenvalue weighted by Gasteiger charge is 2.03. The zero-order valence-corrected chi connectivity index (χ0v) is 8.83. The molecule has 17 heavy (non-hydrogen) atoms. The monoisotopic (exact) mass is 227 g/mol. The van der Waals surface area contributed by atoms with Crippen LogP contribution in [0.4, 0.5) is 5.69 Å². The molecule has 0 radical (unpaired) electrons. The van der Waals surface area contributed by atoms with Crippen molar-refractivity contribution in [3.8, 4) is 0 Å². The summed E-state index contributed by atoms with van der Waals surface area (Å²) in [5.41, 5.74) is 1.76. The molecule has 0 spiro atoms. The van der Waals surface area contributed by atoms with Crippen LogP contribution in [-0.2, 0) is 6.54 Å². The Balaban J connectivity index is 1.90. The van der Waals surface area contributed by atoms with Crippen molar-refractivity contribution in [1.29, 1.82) is 0 Å². The SMILES string of the molecule is c1ccc2c(NCc3nn[nH]n3)cnnc2c1. The van der Waals surface area contributed by atoms with Crippen LogP contribution in [0.2, 0.25) is 0 Å². The van der Waals surface area contributed by atoms with E-state index in [0.717, 1.165) is 16.6 Å². The Labute approximate surface area is 96.3 Å². The highest BCUT2D eigenvalue weighted by atomic mass is 15.5. The fourth-order valence-electron chi connectivity index (χ4n) is 1.58. The molecule has 0 aliphatic heterocycles. The smallest absolute Gasteiger partial charge is 0.193 e. The molecule has 0 fully saturated rings. The lowest BCUT2D eigenvalue weighted by Gasteiger charge is -2.05. The van der Waals surface area contributed by atoms with Crippen molar-refractivity contribution in [2.75, 3.05) is 5.32 Å². The Morgan fingerprint density at radius 3 is 3.00 bits per heavy atom. The molecule has 0 saturated carbocycles. The van der Waals surface area contributed by atoms with Gasteiger partial charge in [-0.05, 0) is 6.07 Å².